The standard InChI is InChI=1S/C15H19NO2/c16-10-9-13-5-7-15(8-6-13)18-12-11-17-14-3-1-2-4-14/h5-8,14H,1-4,9,11-12H2. The molecule has 18 heavy (non-hydrogen) atoms. The lowest BCUT2D eigenvalue weighted by Gasteiger charge is -2.11. The van der Waals surface area contributed by atoms with Gasteiger partial charge in [0.25, 0.3) is 0 Å². The Morgan fingerprint density at radius 2 is 1.83 bits per heavy atom. The van der Waals surface area contributed by atoms with E-state index in [1.165, 1.54) is 25.7 Å². The fourth-order valence-electron chi connectivity index (χ4n) is 2.22. The Hall–Kier alpha value is -1.53. The minimum Gasteiger partial charge on any atom is -0.491 e. The van der Waals surface area contributed by atoms with E-state index in [2.05, 4.69) is 6.07 Å². The van der Waals surface area contributed by atoms with Crippen LogP contribution in [0.4, 0.5) is 0 Å². The molecule has 0 aromatic heterocycles. The summed E-state index contributed by atoms with van der Waals surface area (Å²) in [6.07, 6.45) is 5.89. The second-order valence-corrected chi connectivity index (χ2v) is 4.60. The largest absolute Gasteiger partial charge is 0.491 e. The van der Waals surface area contributed by atoms with E-state index in [1.54, 1.807) is 0 Å². The molecule has 0 aliphatic heterocycles. The van der Waals surface area contributed by atoms with Gasteiger partial charge in [0.2, 0.25) is 0 Å². The monoisotopic (exact) mass is 245 g/mol. The SMILES string of the molecule is N#CCc1ccc(OCCOC2CCCC2)cc1. The summed E-state index contributed by atoms with van der Waals surface area (Å²) in [5.74, 6) is 0.840. The van der Waals surface area contributed by atoms with Gasteiger partial charge < -0.3 is 9.47 Å². The third kappa shape index (κ3) is 4.05. The van der Waals surface area contributed by atoms with Crippen LogP contribution in [0.3, 0.4) is 0 Å². The summed E-state index contributed by atoms with van der Waals surface area (Å²) < 4.78 is 11.3. The number of ether oxygens (including phenoxy) is 2. The van der Waals surface area contributed by atoms with E-state index in [-0.39, 0.29) is 0 Å². The molecule has 0 bridgehead atoms. The lowest BCUT2D eigenvalue weighted by Crippen LogP contribution is -2.13. The molecule has 0 unspecified atom stereocenters. The summed E-state index contributed by atoms with van der Waals surface area (Å²) in [5.41, 5.74) is 1.02. The number of hydrogen-bond acceptors (Lipinski definition) is 3. The molecule has 0 radical (unpaired) electrons. The van der Waals surface area contributed by atoms with Crippen LogP contribution in [0.2, 0.25) is 0 Å². The van der Waals surface area contributed by atoms with Crippen LogP contribution in [0.25, 0.3) is 0 Å². The summed E-state index contributed by atoms with van der Waals surface area (Å²) >= 11 is 0. The molecule has 1 aromatic carbocycles. The normalized spacial score (nSPS) is 15.5. The van der Waals surface area contributed by atoms with Gasteiger partial charge in [-0.05, 0) is 30.5 Å². The van der Waals surface area contributed by atoms with Crippen molar-refractivity contribution in [2.24, 2.45) is 0 Å². The van der Waals surface area contributed by atoms with Gasteiger partial charge >= 0.3 is 0 Å². The molecule has 1 saturated carbocycles. The molecular weight excluding hydrogens is 226 g/mol. The molecule has 0 N–H and O–H groups in total. The maximum atomic E-state index is 8.57. The minimum atomic E-state index is 0.449. The highest BCUT2D eigenvalue weighted by Crippen LogP contribution is 2.20. The maximum Gasteiger partial charge on any atom is 0.119 e. The van der Waals surface area contributed by atoms with Gasteiger partial charge in [0, 0.05) is 0 Å². The van der Waals surface area contributed by atoms with E-state index in [0.717, 1.165) is 11.3 Å². The molecule has 0 spiro atoms. The highest BCUT2D eigenvalue weighted by Gasteiger charge is 2.14. The van der Waals surface area contributed by atoms with Crippen molar-refractivity contribution in [2.45, 2.75) is 38.2 Å². The van der Waals surface area contributed by atoms with Crippen molar-refractivity contribution in [1.29, 1.82) is 5.26 Å². The van der Waals surface area contributed by atoms with Crippen LogP contribution in [0.1, 0.15) is 31.2 Å². The summed E-state index contributed by atoms with van der Waals surface area (Å²) in [6, 6.07) is 9.79. The van der Waals surface area contributed by atoms with E-state index < -0.39 is 0 Å². The molecule has 1 aliphatic rings. The van der Waals surface area contributed by atoms with Crippen molar-refractivity contribution in [3.05, 3.63) is 29.8 Å². The first-order valence-electron chi connectivity index (χ1n) is 6.59. The van der Waals surface area contributed by atoms with E-state index in [0.29, 0.717) is 25.7 Å². The first kappa shape index (κ1) is 12.9. The van der Waals surface area contributed by atoms with Gasteiger partial charge in [0.15, 0.2) is 0 Å². The smallest absolute Gasteiger partial charge is 0.119 e. The second kappa shape index (κ2) is 7.03. The van der Waals surface area contributed by atoms with Gasteiger partial charge in [-0.1, -0.05) is 25.0 Å². The maximum absolute atomic E-state index is 8.57. The van der Waals surface area contributed by atoms with Crippen LogP contribution in [0.5, 0.6) is 5.75 Å². The van der Waals surface area contributed by atoms with Gasteiger partial charge in [-0.3, -0.25) is 0 Å². The molecule has 1 aromatic rings. The lowest BCUT2D eigenvalue weighted by atomic mass is 10.2. The number of rotatable bonds is 6. The van der Waals surface area contributed by atoms with Crippen molar-refractivity contribution >= 4 is 0 Å². The van der Waals surface area contributed by atoms with E-state index in [9.17, 15) is 0 Å². The Balaban J connectivity index is 1.65. The van der Waals surface area contributed by atoms with Crippen molar-refractivity contribution in [3.63, 3.8) is 0 Å². The number of benzene rings is 1. The van der Waals surface area contributed by atoms with Crippen molar-refractivity contribution < 1.29 is 9.47 Å². The molecule has 0 atom stereocenters. The molecular formula is C15H19NO2. The van der Waals surface area contributed by atoms with Crippen LogP contribution < -0.4 is 4.74 Å². The molecule has 3 heteroatoms. The highest BCUT2D eigenvalue weighted by atomic mass is 16.5. The van der Waals surface area contributed by atoms with E-state index >= 15 is 0 Å². The Morgan fingerprint density at radius 3 is 2.50 bits per heavy atom. The summed E-state index contributed by atoms with van der Waals surface area (Å²) in [4.78, 5) is 0. The van der Waals surface area contributed by atoms with Crippen LogP contribution in [0.15, 0.2) is 24.3 Å². The Labute approximate surface area is 108 Å². The van der Waals surface area contributed by atoms with Gasteiger partial charge in [0.1, 0.15) is 12.4 Å². The van der Waals surface area contributed by atoms with Gasteiger partial charge in [-0.25, -0.2) is 0 Å². The summed E-state index contributed by atoms with van der Waals surface area (Å²) in [5, 5.41) is 8.57. The summed E-state index contributed by atoms with van der Waals surface area (Å²) in [7, 11) is 0. The number of nitrogens with zero attached hydrogens (tertiary/aromatic N) is 1. The molecule has 96 valence electrons. The topological polar surface area (TPSA) is 42.2 Å². The molecule has 0 heterocycles. The third-order valence-electron chi connectivity index (χ3n) is 3.21. The molecule has 1 fully saturated rings. The van der Waals surface area contributed by atoms with Crippen molar-refractivity contribution in [2.75, 3.05) is 13.2 Å². The van der Waals surface area contributed by atoms with Crippen LogP contribution in [-0.2, 0) is 11.2 Å². The highest BCUT2D eigenvalue weighted by molar-refractivity contribution is 5.28. The van der Waals surface area contributed by atoms with Crippen molar-refractivity contribution in [1.82, 2.24) is 0 Å². The van der Waals surface area contributed by atoms with Gasteiger partial charge in [-0.15, -0.1) is 0 Å². The first-order chi connectivity index (χ1) is 8.88. The Kier molecular flexibility index (Phi) is 5.04. The summed E-state index contributed by atoms with van der Waals surface area (Å²) in [6.45, 7) is 1.25. The average Bonchev–Trinajstić information content (AvgIpc) is 2.90. The molecule has 2 rings (SSSR count). The predicted molar refractivity (Wildman–Crippen MR) is 69.5 cm³/mol. The Bertz CT molecular complexity index is 388. The third-order valence-corrected chi connectivity index (χ3v) is 3.21. The minimum absolute atomic E-state index is 0.449. The molecule has 3 nitrogen and oxygen atoms in total. The average molecular weight is 245 g/mol. The zero-order valence-corrected chi connectivity index (χ0v) is 10.6. The number of hydrogen-bond donors (Lipinski definition) is 0. The zero-order chi connectivity index (χ0) is 12.6. The van der Waals surface area contributed by atoms with Gasteiger partial charge in [-0.2, -0.15) is 5.26 Å². The predicted octanol–water partition coefficient (Wildman–Crippen LogP) is 3.09. The fraction of sp³-hybridized carbons (Fsp3) is 0.533. The first-order valence-corrected chi connectivity index (χ1v) is 6.59. The van der Waals surface area contributed by atoms with Crippen LogP contribution in [-0.4, -0.2) is 19.3 Å². The van der Waals surface area contributed by atoms with Gasteiger partial charge in [0.05, 0.1) is 25.2 Å². The Morgan fingerprint density at radius 1 is 1.11 bits per heavy atom. The molecule has 1 aliphatic carbocycles. The second-order valence-electron chi connectivity index (χ2n) is 4.60. The zero-order valence-electron chi connectivity index (χ0n) is 10.6. The van der Waals surface area contributed by atoms with Crippen molar-refractivity contribution in [3.8, 4) is 11.8 Å². The molecule has 0 amide bonds. The number of nitriles is 1. The lowest BCUT2D eigenvalue weighted by molar-refractivity contribution is 0.0382. The van der Waals surface area contributed by atoms with Crippen LogP contribution in [0, 0.1) is 11.3 Å². The quantitative estimate of drug-likeness (QED) is 0.723. The van der Waals surface area contributed by atoms with E-state index in [1.807, 2.05) is 24.3 Å². The van der Waals surface area contributed by atoms with E-state index in [4.69, 9.17) is 14.7 Å². The molecule has 0 saturated heterocycles. The van der Waals surface area contributed by atoms with Crippen LogP contribution >= 0.6 is 0 Å². The fourth-order valence-corrected chi connectivity index (χ4v) is 2.22.